The summed E-state index contributed by atoms with van der Waals surface area (Å²) >= 11 is 0. The van der Waals surface area contributed by atoms with Gasteiger partial charge < -0.3 is 79.0 Å². The van der Waals surface area contributed by atoms with Crippen molar-refractivity contribution < 1.29 is 68.4 Å². The fraction of sp³-hybridized carbons (Fsp3) is 0.464. The van der Waals surface area contributed by atoms with Gasteiger partial charge in [-0.15, -0.1) is 0 Å². The van der Waals surface area contributed by atoms with Gasteiger partial charge in [-0.1, -0.05) is 87.4 Å². The Morgan fingerprint density at radius 2 is 1.37 bits per heavy atom. The van der Waals surface area contributed by atoms with Gasteiger partial charge in [0.15, 0.2) is 6.04 Å². The molecule has 1 fully saturated rings. The maximum Gasteiger partial charge on any atom is 0.328 e. The molecule has 3 aromatic carbocycles. The van der Waals surface area contributed by atoms with Crippen LogP contribution in [0, 0.1) is 0 Å². The van der Waals surface area contributed by atoms with E-state index >= 15 is 0 Å². The number of aromatic amines is 1. The first kappa shape index (κ1) is 68.4. The number of rotatable bonds is 25. The molecule has 0 saturated carbocycles. The third kappa shape index (κ3) is 22.2. The van der Waals surface area contributed by atoms with E-state index in [1.807, 2.05) is 0 Å². The van der Waals surface area contributed by atoms with E-state index in [0.29, 0.717) is 40.4 Å². The van der Waals surface area contributed by atoms with Crippen molar-refractivity contribution in [2.45, 2.75) is 132 Å². The van der Waals surface area contributed by atoms with Crippen LogP contribution in [-0.4, -0.2) is 176 Å². The Bertz CT molecular complexity index is 3020. The predicted molar refractivity (Wildman–Crippen MR) is 319 cm³/mol. The second-order valence-corrected chi connectivity index (χ2v) is 22.9. The molecule has 86 heavy (non-hydrogen) atoms. The Hall–Kier alpha value is -8.41. The van der Waals surface area contributed by atoms with E-state index in [1.165, 1.54) is 31.2 Å². The van der Waals surface area contributed by atoms with Crippen LogP contribution in [0.5, 0.6) is 5.75 Å². The number of carbonyl (C=O) groups excluding carboxylic acids is 9. The van der Waals surface area contributed by atoms with Gasteiger partial charge in [0, 0.05) is 78.7 Å². The van der Waals surface area contributed by atoms with Gasteiger partial charge in [-0.3, -0.25) is 43.2 Å². The van der Waals surface area contributed by atoms with Crippen LogP contribution in [0.1, 0.15) is 69.1 Å². The summed E-state index contributed by atoms with van der Waals surface area (Å²) in [5, 5.41) is 68.6. The van der Waals surface area contributed by atoms with Crippen molar-refractivity contribution in [3.8, 4) is 5.75 Å². The molecule has 2 heterocycles. The van der Waals surface area contributed by atoms with Crippen LogP contribution >= 0.6 is 21.6 Å². The van der Waals surface area contributed by atoms with Crippen molar-refractivity contribution in [2.24, 2.45) is 10.8 Å². The molecule has 5 rings (SSSR count). The number of unbranched alkanes of at least 4 members (excludes halogenated alkanes) is 1. The zero-order valence-electron chi connectivity index (χ0n) is 47.4. The second-order valence-electron chi connectivity index (χ2n) is 20.4. The van der Waals surface area contributed by atoms with Crippen molar-refractivity contribution in [3.05, 3.63) is 112 Å². The van der Waals surface area contributed by atoms with E-state index < -0.39 is 125 Å². The number of para-hydroxylation sites is 1. The van der Waals surface area contributed by atoms with Gasteiger partial charge in [0.1, 0.15) is 48.0 Å². The highest BCUT2D eigenvalue weighted by Crippen LogP contribution is 2.25. The number of azide groups is 1. The molecule has 30 heteroatoms. The van der Waals surface area contributed by atoms with Gasteiger partial charge in [-0.05, 0) is 86.5 Å². The van der Waals surface area contributed by atoms with E-state index in [2.05, 4.69) is 62.9 Å². The van der Waals surface area contributed by atoms with Gasteiger partial charge in [0.25, 0.3) is 0 Å². The van der Waals surface area contributed by atoms with Gasteiger partial charge in [-0.25, -0.2) is 4.79 Å². The number of phenolic OH excluding ortho intramolecular Hbond substituents is 1. The minimum Gasteiger partial charge on any atom is -0.508 e. The van der Waals surface area contributed by atoms with Crippen molar-refractivity contribution in [1.29, 1.82) is 0 Å². The lowest BCUT2D eigenvalue weighted by Crippen LogP contribution is -2.62. The maximum absolute atomic E-state index is 15.0. The number of aliphatic carboxylic acids is 1. The van der Waals surface area contributed by atoms with Crippen molar-refractivity contribution >= 4 is 91.6 Å². The third-order valence-corrected chi connectivity index (χ3v) is 16.0. The number of fused-ring (bicyclic) bond motifs is 1. The summed E-state index contributed by atoms with van der Waals surface area (Å²) in [5.74, 6) is -10.6. The fourth-order valence-corrected chi connectivity index (χ4v) is 11.2. The molecule has 0 radical (unpaired) electrons. The maximum atomic E-state index is 15.0. The highest BCUT2D eigenvalue weighted by molar-refractivity contribution is 8.76. The topological polar surface area (TPSA) is 450 Å². The zero-order chi connectivity index (χ0) is 62.7. The van der Waals surface area contributed by atoms with Gasteiger partial charge in [0.2, 0.25) is 53.2 Å². The number of phenols is 1. The first-order valence-corrected chi connectivity index (χ1v) is 30.3. The molecule has 464 valence electrons. The monoisotopic (exact) mass is 1230 g/mol. The molecule has 16 N–H and O–H groups in total. The number of carboxylic acids is 1. The summed E-state index contributed by atoms with van der Waals surface area (Å²) in [6.45, 7) is 2.80. The van der Waals surface area contributed by atoms with Crippen LogP contribution in [0.15, 0.2) is 90.2 Å². The molecule has 9 amide bonds. The number of benzene rings is 3. The molecule has 0 bridgehead atoms. The van der Waals surface area contributed by atoms with Gasteiger partial charge in [0.05, 0.1) is 12.2 Å². The number of nitrogens with zero attached hydrogens (tertiary/aromatic N) is 3. The van der Waals surface area contributed by atoms with E-state index in [9.17, 15) is 68.4 Å². The Balaban J connectivity index is 1.59. The Kier molecular flexibility index (Phi) is 27.9. The summed E-state index contributed by atoms with van der Waals surface area (Å²) in [7, 11) is 1.71. The lowest BCUT2D eigenvalue weighted by molar-refractivity contribution is -0.145. The third-order valence-electron chi connectivity index (χ3n) is 13.6. The average molecular weight is 1230 g/mol. The predicted octanol–water partition coefficient (Wildman–Crippen LogP) is -0.253. The molecule has 1 saturated heterocycles. The number of nitrogens with one attached hydrogen (secondary N) is 10. The molecule has 28 nitrogen and oxygen atoms in total. The number of aromatic hydroxyl groups is 1. The minimum absolute atomic E-state index is 0.0621. The van der Waals surface area contributed by atoms with Crippen molar-refractivity contribution in [1.82, 2.24) is 52.8 Å². The Morgan fingerprint density at radius 1 is 0.733 bits per heavy atom. The lowest BCUT2D eigenvalue weighted by atomic mass is 10.0. The number of H-pyrrole nitrogens is 1. The highest BCUT2D eigenvalue weighted by atomic mass is 33.1. The van der Waals surface area contributed by atoms with Crippen LogP contribution in [-0.2, 0) is 67.2 Å². The molecular weight excluding hydrogens is 1160 g/mol. The molecule has 1 aliphatic heterocycles. The number of carboxylic acid groups (broad SMARTS) is 1. The van der Waals surface area contributed by atoms with Crippen LogP contribution in [0.2, 0.25) is 0 Å². The summed E-state index contributed by atoms with van der Waals surface area (Å²) in [6.07, 6.45) is -1.92. The Labute approximate surface area is 502 Å². The summed E-state index contributed by atoms with van der Waals surface area (Å²) in [4.78, 5) is 146. The second kappa shape index (κ2) is 35.1. The lowest BCUT2D eigenvalue weighted by Gasteiger charge is -2.29. The number of aromatic nitrogens is 1. The van der Waals surface area contributed by atoms with Crippen LogP contribution in [0.25, 0.3) is 21.3 Å². The molecule has 1 aromatic heterocycles. The van der Waals surface area contributed by atoms with Crippen LogP contribution < -0.4 is 53.6 Å². The van der Waals surface area contributed by atoms with Crippen molar-refractivity contribution in [3.63, 3.8) is 0 Å². The van der Waals surface area contributed by atoms with E-state index in [4.69, 9.17) is 11.3 Å². The Morgan fingerprint density at radius 3 is 2.05 bits per heavy atom. The standard InChI is InChI=1S/C56H74N14O14S2/c1-31(71)47-55(82)67-44(54(81)69-48(32(2)72)56(83)84)30-86-85-29-43(66-50(77)40(25-33-11-4-3-5-12-33)62-46(75)21-20-45(74)59-23-10-24-61-70-58)53(80)64-41(26-34-16-18-36(73)19-17-34)51(78)65-42(27-35-28-60-38-14-7-6-13-37(35)38)52(79)63-39(49(76)68-47)15-8-9-22-57/h3-7,11-14,16-19,28,31-32,39-44,47-48,60,71-73H,8-10,15,20-27,29-30,57H2,1-2H3,(H,59,74)(H,62,75)(H,63,79)(H,64,80)(H,65,78)(H,66,77)(H,67,82)(H,68,76)(H,69,81)(H,83,84)/t31-,32+,39-,40+,41-,42+,43-,44-,47+,48-/m0/s1. The molecule has 0 aliphatic carbocycles. The van der Waals surface area contributed by atoms with E-state index in [1.54, 1.807) is 60.8 Å². The number of carbonyl (C=O) groups is 10. The normalized spacial score (nSPS) is 20.5. The van der Waals surface area contributed by atoms with Gasteiger partial charge in [-0.2, -0.15) is 0 Å². The SMILES string of the molecule is C[C@H](O)[C@H]1NC(=O)[C@H](CCCCN)NC(=O)[C@@H](Cc2c[nH]c3ccccc23)NC(=O)[C@H](Cc2ccc(O)cc2)NC(=O)[C@@H](NC(=O)[C@@H](Cc2ccccc2)NC(=O)CCC(=O)NCCCN=[N+]=[N-])CSSC[C@@H](C(=O)N[C@H](C(=O)O)[C@@H](C)O)NC1=O. The van der Waals surface area contributed by atoms with Crippen molar-refractivity contribution in [2.75, 3.05) is 31.1 Å². The molecule has 4 aromatic rings. The number of hydrogen-bond acceptors (Lipinski definition) is 17. The zero-order valence-corrected chi connectivity index (χ0v) is 49.0. The largest absolute Gasteiger partial charge is 0.508 e. The first-order chi connectivity index (χ1) is 41.2. The van der Waals surface area contributed by atoms with Gasteiger partial charge >= 0.3 is 5.97 Å². The fourth-order valence-electron chi connectivity index (χ4n) is 8.88. The average Bonchev–Trinajstić information content (AvgIpc) is 3.10. The van der Waals surface area contributed by atoms with E-state index in [0.717, 1.165) is 28.5 Å². The highest BCUT2D eigenvalue weighted by Gasteiger charge is 2.37. The molecular formula is C56H74N14O14S2. The molecule has 0 spiro atoms. The number of aliphatic hydroxyl groups excluding tert-OH is 2. The molecule has 1 aliphatic rings. The number of amides is 9. The molecule has 10 atom stereocenters. The number of hydrogen-bond donors (Lipinski definition) is 15. The quantitative estimate of drug-likeness (QED) is 0.0134. The summed E-state index contributed by atoms with van der Waals surface area (Å²) < 4.78 is 0. The minimum atomic E-state index is -1.87. The number of nitrogens with two attached hydrogens (primary N) is 1. The first-order valence-electron chi connectivity index (χ1n) is 27.8. The summed E-state index contributed by atoms with van der Waals surface area (Å²) in [6, 6.07) is 8.53. The number of aliphatic hydroxyl groups is 2. The van der Waals surface area contributed by atoms with E-state index in [-0.39, 0.29) is 76.1 Å². The molecule has 0 unspecified atom stereocenters. The van der Waals surface area contributed by atoms with Crippen LogP contribution in [0.4, 0.5) is 0 Å². The smallest absolute Gasteiger partial charge is 0.328 e. The van der Waals surface area contributed by atoms with Crippen LogP contribution in [0.3, 0.4) is 0 Å². The summed E-state index contributed by atoms with van der Waals surface area (Å²) in [5.41, 5.74) is 16.6.